The molecular formula is C12H22. The standard InChI is InChI=1S/C12H22/c1-9(2)11(5)7-8-12(6)10(3)4/h10-11H,1,6-8H2,2-5H3/t11-/m0/s1. The minimum Gasteiger partial charge on any atom is -0.0999 e. The molecule has 0 aromatic heterocycles. The van der Waals surface area contributed by atoms with Gasteiger partial charge in [0.1, 0.15) is 0 Å². The van der Waals surface area contributed by atoms with Crippen LogP contribution in [-0.4, -0.2) is 0 Å². The van der Waals surface area contributed by atoms with E-state index in [0.29, 0.717) is 11.8 Å². The van der Waals surface area contributed by atoms with E-state index in [2.05, 4.69) is 40.9 Å². The van der Waals surface area contributed by atoms with Gasteiger partial charge in [0.2, 0.25) is 0 Å². The molecule has 0 unspecified atom stereocenters. The average Bonchev–Trinajstić information content (AvgIpc) is 1.98. The highest BCUT2D eigenvalue weighted by molar-refractivity contribution is 5.01. The predicted molar refractivity (Wildman–Crippen MR) is 57.2 cm³/mol. The maximum absolute atomic E-state index is 4.06. The van der Waals surface area contributed by atoms with Crippen molar-refractivity contribution in [2.75, 3.05) is 0 Å². The minimum absolute atomic E-state index is 0.627. The average molecular weight is 166 g/mol. The molecule has 0 saturated carbocycles. The molecule has 0 saturated heterocycles. The lowest BCUT2D eigenvalue weighted by atomic mass is 9.92. The van der Waals surface area contributed by atoms with Gasteiger partial charge in [-0.15, -0.1) is 0 Å². The van der Waals surface area contributed by atoms with E-state index in [1.807, 2.05) is 0 Å². The summed E-state index contributed by atoms with van der Waals surface area (Å²) in [5.41, 5.74) is 2.65. The first-order chi connectivity index (χ1) is 5.45. The zero-order valence-corrected chi connectivity index (χ0v) is 8.98. The molecule has 0 nitrogen and oxygen atoms in total. The normalized spacial score (nSPS) is 13.1. The van der Waals surface area contributed by atoms with E-state index in [9.17, 15) is 0 Å². The van der Waals surface area contributed by atoms with Crippen LogP contribution in [0, 0.1) is 11.8 Å². The van der Waals surface area contributed by atoms with Crippen molar-refractivity contribution in [3.63, 3.8) is 0 Å². The SMILES string of the molecule is C=C(CC[C@H](C)C(=C)C)C(C)C. The van der Waals surface area contributed by atoms with Crippen molar-refractivity contribution < 1.29 is 0 Å². The maximum Gasteiger partial charge on any atom is -0.0234 e. The Labute approximate surface area is 77.4 Å². The Morgan fingerprint density at radius 3 is 2.00 bits per heavy atom. The highest BCUT2D eigenvalue weighted by Gasteiger charge is 2.05. The van der Waals surface area contributed by atoms with Gasteiger partial charge in [0.05, 0.1) is 0 Å². The number of rotatable bonds is 5. The highest BCUT2D eigenvalue weighted by atomic mass is 14.1. The lowest BCUT2D eigenvalue weighted by Gasteiger charge is -2.13. The molecule has 0 aromatic rings. The van der Waals surface area contributed by atoms with Gasteiger partial charge in [-0.05, 0) is 31.6 Å². The Hall–Kier alpha value is -0.520. The van der Waals surface area contributed by atoms with Crippen LogP contribution in [0.2, 0.25) is 0 Å². The zero-order valence-electron chi connectivity index (χ0n) is 8.98. The topological polar surface area (TPSA) is 0 Å². The molecule has 0 aromatic carbocycles. The third kappa shape index (κ3) is 4.38. The fourth-order valence-electron chi connectivity index (χ4n) is 0.937. The minimum atomic E-state index is 0.627. The van der Waals surface area contributed by atoms with Gasteiger partial charge in [0.15, 0.2) is 0 Å². The zero-order chi connectivity index (χ0) is 9.72. The summed E-state index contributed by atoms with van der Waals surface area (Å²) in [7, 11) is 0. The summed E-state index contributed by atoms with van der Waals surface area (Å²) < 4.78 is 0. The van der Waals surface area contributed by atoms with Crippen LogP contribution in [0.5, 0.6) is 0 Å². The monoisotopic (exact) mass is 166 g/mol. The van der Waals surface area contributed by atoms with Crippen molar-refractivity contribution in [3.8, 4) is 0 Å². The first kappa shape index (κ1) is 11.5. The number of hydrogen-bond acceptors (Lipinski definition) is 0. The van der Waals surface area contributed by atoms with Gasteiger partial charge in [-0.2, -0.15) is 0 Å². The van der Waals surface area contributed by atoms with E-state index in [1.54, 1.807) is 0 Å². The van der Waals surface area contributed by atoms with E-state index >= 15 is 0 Å². The number of hydrogen-bond donors (Lipinski definition) is 0. The fraction of sp³-hybridized carbons (Fsp3) is 0.667. The van der Waals surface area contributed by atoms with E-state index in [1.165, 1.54) is 17.6 Å². The molecule has 1 atom stereocenters. The third-order valence-corrected chi connectivity index (χ3v) is 2.56. The van der Waals surface area contributed by atoms with Gasteiger partial charge in [0, 0.05) is 0 Å². The van der Waals surface area contributed by atoms with Crippen LogP contribution in [0.25, 0.3) is 0 Å². The summed E-state index contributed by atoms with van der Waals surface area (Å²) in [6, 6.07) is 0. The Bertz CT molecular complexity index is 163. The molecule has 70 valence electrons. The van der Waals surface area contributed by atoms with Crippen LogP contribution < -0.4 is 0 Å². The molecule has 0 N–H and O–H groups in total. The Balaban J connectivity index is 3.69. The molecule has 0 spiro atoms. The second kappa shape index (κ2) is 5.18. The molecule has 0 aliphatic heterocycles. The smallest absolute Gasteiger partial charge is 0.0234 e. The molecule has 0 rings (SSSR count). The highest BCUT2D eigenvalue weighted by Crippen LogP contribution is 2.20. The molecule has 0 bridgehead atoms. The van der Waals surface area contributed by atoms with Gasteiger partial charge in [0.25, 0.3) is 0 Å². The largest absolute Gasteiger partial charge is 0.0999 e. The molecule has 0 fully saturated rings. The summed E-state index contributed by atoms with van der Waals surface area (Å²) in [6.07, 6.45) is 2.35. The van der Waals surface area contributed by atoms with E-state index in [0.717, 1.165) is 6.42 Å². The Morgan fingerprint density at radius 1 is 1.17 bits per heavy atom. The van der Waals surface area contributed by atoms with Crippen molar-refractivity contribution >= 4 is 0 Å². The second-order valence-corrected chi connectivity index (χ2v) is 4.10. The Morgan fingerprint density at radius 2 is 1.67 bits per heavy atom. The van der Waals surface area contributed by atoms with Gasteiger partial charge in [-0.25, -0.2) is 0 Å². The molecule has 0 aliphatic carbocycles. The first-order valence-corrected chi connectivity index (χ1v) is 4.78. The van der Waals surface area contributed by atoms with Crippen LogP contribution in [0.1, 0.15) is 40.5 Å². The molecule has 0 radical (unpaired) electrons. The van der Waals surface area contributed by atoms with Crippen LogP contribution in [0.4, 0.5) is 0 Å². The summed E-state index contributed by atoms with van der Waals surface area (Å²) in [5, 5.41) is 0. The van der Waals surface area contributed by atoms with Gasteiger partial charge in [-0.3, -0.25) is 0 Å². The Kier molecular flexibility index (Phi) is 4.96. The summed E-state index contributed by atoms with van der Waals surface area (Å²) in [6.45, 7) is 16.7. The first-order valence-electron chi connectivity index (χ1n) is 4.78. The van der Waals surface area contributed by atoms with Crippen LogP contribution in [0.3, 0.4) is 0 Å². The lowest BCUT2D eigenvalue weighted by molar-refractivity contribution is 0.583. The predicted octanol–water partition coefficient (Wildman–Crippen LogP) is 4.19. The molecular weight excluding hydrogens is 144 g/mol. The number of allylic oxidation sites excluding steroid dienone is 2. The van der Waals surface area contributed by atoms with Crippen LogP contribution in [-0.2, 0) is 0 Å². The molecule has 0 heterocycles. The van der Waals surface area contributed by atoms with Crippen molar-refractivity contribution in [1.29, 1.82) is 0 Å². The maximum atomic E-state index is 4.06. The third-order valence-electron chi connectivity index (χ3n) is 2.56. The van der Waals surface area contributed by atoms with Gasteiger partial charge >= 0.3 is 0 Å². The fourth-order valence-corrected chi connectivity index (χ4v) is 0.937. The molecule has 0 amide bonds. The van der Waals surface area contributed by atoms with Crippen molar-refractivity contribution in [3.05, 3.63) is 24.3 Å². The quantitative estimate of drug-likeness (QED) is 0.537. The van der Waals surface area contributed by atoms with E-state index in [4.69, 9.17) is 0 Å². The van der Waals surface area contributed by atoms with E-state index < -0.39 is 0 Å². The summed E-state index contributed by atoms with van der Waals surface area (Å²) in [4.78, 5) is 0. The summed E-state index contributed by atoms with van der Waals surface area (Å²) in [5.74, 6) is 1.27. The lowest BCUT2D eigenvalue weighted by Crippen LogP contribution is -1.99. The molecule has 0 heteroatoms. The summed E-state index contributed by atoms with van der Waals surface area (Å²) >= 11 is 0. The second-order valence-electron chi connectivity index (χ2n) is 4.10. The van der Waals surface area contributed by atoms with Gasteiger partial charge < -0.3 is 0 Å². The van der Waals surface area contributed by atoms with Crippen molar-refractivity contribution in [1.82, 2.24) is 0 Å². The van der Waals surface area contributed by atoms with Crippen LogP contribution >= 0.6 is 0 Å². The molecule has 12 heavy (non-hydrogen) atoms. The van der Waals surface area contributed by atoms with Gasteiger partial charge in [-0.1, -0.05) is 45.1 Å². The van der Waals surface area contributed by atoms with Crippen molar-refractivity contribution in [2.45, 2.75) is 40.5 Å². The van der Waals surface area contributed by atoms with Crippen molar-refractivity contribution in [2.24, 2.45) is 11.8 Å². The van der Waals surface area contributed by atoms with Crippen LogP contribution in [0.15, 0.2) is 24.3 Å². The molecule has 0 aliphatic rings. The van der Waals surface area contributed by atoms with E-state index in [-0.39, 0.29) is 0 Å².